The molecule has 4 nitrogen and oxygen atoms in total. The Morgan fingerprint density at radius 1 is 0.900 bits per heavy atom. The van der Waals surface area contributed by atoms with Crippen LogP contribution in [0.1, 0.15) is 0 Å². The van der Waals surface area contributed by atoms with Crippen molar-refractivity contribution in [3.05, 3.63) is 12.2 Å². The minimum absolute atomic E-state index is 0. The molecule has 56 valence electrons. The fraction of sp³-hybridized carbons (Fsp3) is 0. The second-order valence-electron chi connectivity index (χ2n) is 0.971. The van der Waals surface area contributed by atoms with Gasteiger partial charge in [0.15, 0.2) is 0 Å². The Hall–Kier alpha value is -0.281. The largest absolute Gasteiger partial charge is 2.00 e. The van der Waals surface area contributed by atoms with E-state index in [-0.39, 0.29) is 34.1 Å². The van der Waals surface area contributed by atoms with Crippen LogP contribution < -0.4 is 10.2 Å². The van der Waals surface area contributed by atoms with Gasteiger partial charge in [0, 0.05) is 0 Å². The van der Waals surface area contributed by atoms with Crippen LogP contribution in [0.4, 0.5) is 0 Å². The molecule has 0 radical (unpaired) electrons. The van der Waals surface area contributed by atoms with Gasteiger partial charge >= 0.3 is 34.1 Å². The normalized spacial score (nSPS) is 7.60. The van der Waals surface area contributed by atoms with E-state index in [1.807, 2.05) is 0 Å². The molecule has 0 aromatic heterocycles. The van der Waals surface area contributed by atoms with Crippen molar-refractivity contribution in [2.75, 3.05) is 0 Å². The van der Waals surface area contributed by atoms with Crippen LogP contribution >= 0.6 is 0 Å². The van der Waals surface area contributed by atoms with Gasteiger partial charge < -0.3 is 19.8 Å². The van der Waals surface area contributed by atoms with Gasteiger partial charge in [-0.1, -0.05) is 0 Å². The molecule has 0 aliphatic carbocycles. The molecule has 0 spiro atoms. The average molecular weight is 226 g/mol. The molecule has 0 atom stereocenters. The van der Waals surface area contributed by atoms with Gasteiger partial charge in [0.2, 0.25) is 0 Å². The second-order valence-corrected chi connectivity index (χ2v) is 0.971. The number of aliphatic carboxylic acids is 2. The predicted molar refractivity (Wildman–Crippen MR) is 19.2 cm³/mol. The molecule has 0 heterocycles. The summed E-state index contributed by atoms with van der Waals surface area (Å²) in [5.74, 6) is -3.09. The number of carbonyl (C=O) groups is 2. The van der Waals surface area contributed by atoms with Gasteiger partial charge in [-0.2, -0.15) is 0 Å². The monoisotopic (exact) mass is 226 g/mol. The van der Waals surface area contributed by atoms with E-state index < -0.39 is 11.9 Å². The molecule has 0 fully saturated rings. The molecule has 10 heavy (non-hydrogen) atoms. The van der Waals surface area contributed by atoms with Crippen LogP contribution in [0.5, 0.6) is 0 Å². The molecule has 0 aliphatic rings. The van der Waals surface area contributed by atoms with Gasteiger partial charge in [0.25, 0.3) is 0 Å². The van der Waals surface area contributed by atoms with E-state index in [1.54, 1.807) is 0 Å². The topological polar surface area (TPSA) is 80.3 Å². The number of carboxylic acid groups (broad SMARTS) is 2. The molecule has 0 aromatic carbocycles. The van der Waals surface area contributed by atoms with E-state index >= 15 is 0 Å². The van der Waals surface area contributed by atoms with Gasteiger partial charge in [0.05, 0.1) is 11.9 Å². The van der Waals surface area contributed by atoms with Gasteiger partial charge in [-0.15, -0.1) is 0 Å². The maximum atomic E-state index is 9.41. The molecule has 0 unspecified atom stereocenters. The summed E-state index contributed by atoms with van der Waals surface area (Å²) in [6.07, 6.45) is 0.769. The Balaban J connectivity index is -0.000000245. The number of hydrogen-bond acceptors (Lipinski definition) is 4. The van der Waals surface area contributed by atoms with Crippen LogP contribution in [0.2, 0.25) is 0 Å². The van der Waals surface area contributed by atoms with Crippen LogP contribution in [-0.4, -0.2) is 11.9 Å². The smallest absolute Gasteiger partial charge is 0.545 e. The third kappa shape index (κ3) is 15.6. The summed E-state index contributed by atoms with van der Waals surface area (Å²) in [7, 11) is 0. The number of rotatable bonds is 2. The van der Waals surface area contributed by atoms with Crippen LogP contribution in [0.3, 0.4) is 0 Å². The summed E-state index contributed by atoms with van der Waals surface area (Å²) in [6.45, 7) is 0. The standard InChI is InChI=1S/C4H4O4.2Fe/c5-3(6)1-2-4(7)8;;/h1-2H,(H,5,6)(H,7,8);;/q;2*+2/p-2/b2-1+;;. The molecule has 0 bridgehead atoms. The van der Waals surface area contributed by atoms with Crippen LogP contribution in [0, 0.1) is 0 Å². The fourth-order valence-electron chi connectivity index (χ4n) is 0.136. The molecule has 0 saturated carbocycles. The second kappa shape index (κ2) is 8.72. The zero-order valence-corrected chi connectivity index (χ0v) is 6.70. The molecular weight excluding hydrogens is 224 g/mol. The van der Waals surface area contributed by atoms with E-state index in [0.29, 0.717) is 12.2 Å². The molecule has 0 aliphatic heterocycles. The number of carbonyl (C=O) groups excluding carboxylic acids is 2. The first-order valence-electron chi connectivity index (χ1n) is 1.73. The average Bonchev–Trinajstić information content (AvgIpc) is 1.61. The van der Waals surface area contributed by atoms with Crippen molar-refractivity contribution in [1.29, 1.82) is 0 Å². The minimum atomic E-state index is -1.55. The maximum absolute atomic E-state index is 9.41. The zero-order chi connectivity index (χ0) is 6.57. The van der Waals surface area contributed by atoms with E-state index in [2.05, 4.69) is 0 Å². The van der Waals surface area contributed by atoms with Crippen molar-refractivity contribution in [2.24, 2.45) is 0 Å². The summed E-state index contributed by atoms with van der Waals surface area (Å²) in [5, 5.41) is 18.8. The summed E-state index contributed by atoms with van der Waals surface area (Å²) in [4.78, 5) is 18.8. The molecular formula is C4H2Fe2O4+2. The predicted octanol–water partition coefficient (Wildman–Crippen LogP) is -2.96. The molecule has 0 aromatic rings. The van der Waals surface area contributed by atoms with Crippen LogP contribution in [0.25, 0.3) is 0 Å². The van der Waals surface area contributed by atoms with E-state index in [0.717, 1.165) is 0 Å². The van der Waals surface area contributed by atoms with Crippen molar-refractivity contribution < 1.29 is 53.9 Å². The summed E-state index contributed by atoms with van der Waals surface area (Å²) in [5.41, 5.74) is 0. The van der Waals surface area contributed by atoms with Gasteiger partial charge in [0.1, 0.15) is 0 Å². The Bertz CT molecular complexity index is 126. The molecule has 0 rings (SSSR count). The van der Waals surface area contributed by atoms with E-state index in [4.69, 9.17) is 0 Å². The zero-order valence-electron chi connectivity index (χ0n) is 4.49. The number of carboxylic acids is 2. The molecule has 0 amide bonds. The number of hydrogen-bond donors (Lipinski definition) is 0. The van der Waals surface area contributed by atoms with Crippen LogP contribution in [-0.2, 0) is 43.7 Å². The Morgan fingerprint density at radius 2 is 1.10 bits per heavy atom. The van der Waals surface area contributed by atoms with E-state index in [9.17, 15) is 19.8 Å². The third-order valence-electron chi connectivity index (χ3n) is 0.355. The first kappa shape index (κ1) is 16.4. The van der Waals surface area contributed by atoms with Crippen molar-refractivity contribution in [3.63, 3.8) is 0 Å². The quantitative estimate of drug-likeness (QED) is 0.372. The Labute approximate surface area is 78.2 Å². The van der Waals surface area contributed by atoms with Crippen molar-refractivity contribution in [3.8, 4) is 0 Å². The van der Waals surface area contributed by atoms with Gasteiger partial charge in [-0.3, -0.25) is 0 Å². The summed E-state index contributed by atoms with van der Waals surface area (Å²) < 4.78 is 0. The minimum Gasteiger partial charge on any atom is -0.545 e. The third-order valence-corrected chi connectivity index (χ3v) is 0.355. The molecule has 0 N–H and O–H groups in total. The molecule has 0 saturated heterocycles. The van der Waals surface area contributed by atoms with Crippen LogP contribution in [0.15, 0.2) is 12.2 Å². The van der Waals surface area contributed by atoms with Gasteiger partial charge in [-0.05, 0) is 12.2 Å². The van der Waals surface area contributed by atoms with Crippen molar-refractivity contribution >= 4 is 11.9 Å². The summed E-state index contributed by atoms with van der Waals surface area (Å²) in [6, 6.07) is 0. The SMILES string of the molecule is O=C([O-])/C=C/C(=O)[O-].[Fe+2].[Fe+2]. The Kier molecular flexibility index (Phi) is 14.3. The first-order chi connectivity index (χ1) is 3.63. The van der Waals surface area contributed by atoms with Crippen molar-refractivity contribution in [2.45, 2.75) is 0 Å². The van der Waals surface area contributed by atoms with E-state index in [1.165, 1.54) is 0 Å². The first-order valence-corrected chi connectivity index (χ1v) is 1.73. The van der Waals surface area contributed by atoms with Crippen molar-refractivity contribution in [1.82, 2.24) is 0 Å². The summed E-state index contributed by atoms with van der Waals surface area (Å²) >= 11 is 0. The fourth-order valence-corrected chi connectivity index (χ4v) is 0.136. The van der Waals surface area contributed by atoms with Gasteiger partial charge in [-0.25, -0.2) is 0 Å². The molecule has 6 heteroatoms. The maximum Gasteiger partial charge on any atom is 2.00 e. The Morgan fingerprint density at radius 3 is 1.20 bits per heavy atom.